The van der Waals surface area contributed by atoms with Gasteiger partial charge in [-0.1, -0.05) is 25.4 Å². The average molecular weight is 280 g/mol. The number of rotatable bonds is 3. The zero-order valence-corrected chi connectivity index (χ0v) is 12.2. The highest BCUT2D eigenvalue weighted by Crippen LogP contribution is 2.36. The molecule has 1 aliphatic carbocycles. The molecule has 1 aliphatic rings. The van der Waals surface area contributed by atoms with Crippen molar-refractivity contribution in [2.45, 2.75) is 26.7 Å². The van der Waals surface area contributed by atoms with Crippen molar-refractivity contribution in [3.63, 3.8) is 0 Å². The number of methoxy groups -OCH3 is 1. The molecule has 0 saturated carbocycles. The predicted octanol–water partition coefficient (Wildman–Crippen LogP) is 4.03. The maximum Gasteiger partial charge on any atom is 0.157 e. The molecule has 0 radical (unpaired) electrons. The van der Waals surface area contributed by atoms with Gasteiger partial charge in [-0.3, -0.25) is 4.79 Å². The van der Waals surface area contributed by atoms with Gasteiger partial charge in [-0.05, 0) is 30.0 Å². The van der Waals surface area contributed by atoms with Crippen molar-refractivity contribution in [2.24, 2.45) is 5.41 Å². The molecule has 2 rings (SSSR count). The fourth-order valence-corrected chi connectivity index (χ4v) is 2.55. The van der Waals surface area contributed by atoms with Gasteiger partial charge in [0.1, 0.15) is 5.75 Å². The lowest BCUT2D eigenvalue weighted by Gasteiger charge is -2.29. The van der Waals surface area contributed by atoms with Gasteiger partial charge in [-0.25, -0.2) is 0 Å². The highest BCUT2D eigenvalue weighted by atomic mass is 35.5. The molecule has 0 aliphatic heterocycles. The van der Waals surface area contributed by atoms with Crippen molar-refractivity contribution < 1.29 is 9.53 Å². The van der Waals surface area contributed by atoms with E-state index >= 15 is 0 Å². The van der Waals surface area contributed by atoms with Crippen LogP contribution in [-0.4, -0.2) is 12.9 Å². The van der Waals surface area contributed by atoms with Gasteiger partial charge in [0, 0.05) is 23.2 Å². The normalized spacial score (nSPS) is 17.9. The zero-order valence-electron chi connectivity index (χ0n) is 11.4. The fourth-order valence-electron chi connectivity index (χ4n) is 2.38. The molecule has 1 aromatic rings. The quantitative estimate of drug-likeness (QED) is 0.908. The minimum absolute atomic E-state index is 0.0139. The summed E-state index contributed by atoms with van der Waals surface area (Å²) in [5, 5.41) is 3.89. The highest BCUT2D eigenvalue weighted by molar-refractivity contribution is 6.30. The average Bonchev–Trinajstić information content (AvgIpc) is 2.26. The summed E-state index contributed by atoms with van der Waals surface area (Å²) >= 11 is 5.99. The van der Waals surface area contributed by atoms with Gasteiger partial charge >= 0.3 is 0 Å². The van der Waals surface area contributed by atoms with Crippen LogP contribution >= 0.6 is 11.6 Å². The Morgan fingerprint density at radius 3 is 2.68 bits per heavy atom. The van der Waals surface area contributed by atoms with Crippen LogP contribution in [-0.2, 0) is 4.79 Å². The Balaban J connectivity index is 2.26. The van der Waals surface area contributed by atoms with Crippen molar-refractivity contribution in [3.05, 3.63) is 35.0 Å². The first-order chi connectivity index (χ1) is 8.89. The summed E-state index contributed by atoms with van der Waals surface area (Å²) in [6.45, 7) is 4.18. The minimum Gasteiger partial charge on any atom is -0.495 e. The Morgan fingerprint density at radius 1 is 1.32 bits per heavy atom. The standard InChI is InChI=1S/C15H18ClNO2/c1-15(2)8-11(7-12(18)9-15)17-13-6-10(16)4-5-14(13)19-3/h4-7,17H,8-9H2,1-3H3. The molecule has 0 saturated heterocycles. The van der Waals surface area contributed by atoms with Crippen LogP contribution in [0, 0.1) is 5.41 Å². The molecule has 0 aromatic heterocycles. The van der Waals surface area contributed by atoms with Crippen molar-refractivity contribution in [1.29, 1.82) is 0 Å². The van der Waals surface area contributed by atoms with Crippen LogP contribution in [0.25, 0.3) is 0 Å². The first-order valence-corrected chi connectivity index (χ1v) is 6.61. The number of carbonyl (C=O) groups is 1. The molecular weight excluding hydrogens is 262 g/mol. The number of carbonyl (C=O) groups excluding carboxylic acids is 1. The third-order valence-corrected chi connectivity index (χ3v) is 3.35. The van der Waals surface area contributed by atoms with Crippen molar-refractivity contribution in [3.8, 4) is 5.75 Å². The lowest BCUT2D eigenvalue weighted by atomic mass is 9.79. The van der Waals surface area contributed by atoms with E-state index in [1.54, 1.807) is 31.4 Å². The summed E-state index contributed by atoms with van der Waals surface area (Å²) < 4.78 is 5.29. The van der Waals surface area contributed by atoms with Gasteiger partial charge in [0.15, 0.2) is 5.78 Å². The Bertz CT molecular complexity index is 535. The minimum atomic E-state index is -0.0139. The van der Waals surface area contributed by atoms with Gasteiger partial charge in [0.2, 0.25) is 0 Å². The number of hydrogen-bond donors (Lipinski definition) is 1. The Morgan fingerprint density at radius 2 is 2.05 bits per heavy atom. The monoisotopic (exact) mass is 279 g/mol. The van der Waals surface area contributed by atoms with E-state index in [-0.39, 0.29) is 11.2 Å². The number of allylic oxidation sites excluding steroid dienone is 2. The maximum absolute atomic E-state index is 11.7. The highest BCUT2D eigenvalue weighted by Gasteiger charge is 2.27. The number of halogens is 1. The summed E-state index contributed by atoms with van der Waals surface area (Å²) in [5.74, 6) is 0.862. The van der Waals surface area contributed by atoms with E-state index in [1.807, 2.05) is 0 Å². The second-order valence-electron chi connectivity index (χ2n) is 5.62. The molecule has 102 valence electrons. The van der Waals surface area contributed by atoms with Crippen LogP contribution in [0.1, 0.15) is 26.7 Å². The van der Waals surface area contributed by atoms with E-state index in [4.69, 9.17) is 16.3 Å². The summed E-state index contributed by atoms with van der Waals surface area (Å²) in [5.41, 5.74) is 1.67. The summed E-state index contributed by atoms with van der Waals surface area (Å²) in [6, 6.07) is 5.38. The SMILES string of the molecule is COc1ccc(Cl)cc1NC1=CC(=O)CC(C)(C)C1. The summed E-state index contributed by atoms with van der Waals surface area (Å²) in [4.78, 5) is 11.7. The van der Waals surface area contributed by atoms with Crippen LogP contribution in [0.15, 0.2) is 30.0 Å². The zero-order chi connectivity index (χ0) is 14.0. The number of hydrogen-bond acceptors (Lipinski definition) is 3. The number of ketones is 1. The van der Waals surface area contributed by atoms with Gasteiger partial charge < -0.3 is 10.1 Å². The molecule has 0 unspecified atom stereocenters. The Labute approximate surface area is 118 Å². The predicted molar refractivity (Wildman–Crippen MR) is 77.7 cm³/mol. The smallest absolute Gasteiger partial charge is 0.157 e. The molecule has 0 bridgehead atoms. The number of ether oxygens (including phenoxy) is 1. The number of anilines is 1. The fraction of sp³-hybridized carbons (Fsp3) is 0.400. The lowest BCUT2D eigenvalue weighted by molar-refractivity contribution is -0.117. The number of nitrogens with one attached hydrogen (secondary N) is 1. The van der Waals surface area contributed by atoms with Gasteiger partial charge in [-0.2, -0.15) is 0 Å². The molecule has 19 heavy (non-hydrogen) atoms. The van der Waals surface area contributed by atoms with Gasteiger partial charge in [-0.15, -0.1) is 0 Å². The second-order valence-corrected chi connectivity index (χ2v) is 6.06. The topological polar surface area (TPSA) is 38.3 Å². The molecule has 0 fully saturated rings. The third-order valence-electron chi connectivity index (χ3n) is 3.11. The van der Waals surface area contributed by atoms with Crippen LogP contribution in [0.3, 0.4) is 0 Å². The van der Waals surface area contributed by atoms with Crippen LogP contribution < -0.4 is 10.1 Å². The molecule has 3 nitrogen and oxygen atoms in total. The van der Waals surface area contributed by atoms with E-state index in [2.05, 4.69) is 19.2 Å². The van der Waals surface area contributed by atoms with Crippen LogP contribution in [0.4, 0.5) is 5.69 Å². The van der Waals surface area contributed by atoms with E-state index in [9.17, 15) is 4.79 Å². The molecular formula is C15H18ClNO2. The van der Waals surface area contributed by atoms with Gasteiger partial charge in [0.25, 0.3) is 0 Å². The molecule has 0 spiro atoms. The maximum atomic E-state index is 11.7. The van der Waals surface area contributed by atoms with Gasteiger partial charge in [0.05, 0.1) is 12.8 Å². The first kappa shape index (κ1) is 13.9. The van der Waals surface area contributed by atoms with E-state index < -0.39 is 0 Å². The van der Waals surface area contributed by atoms with E-state index in [0.29, 0.717) is 17.2 Å². The molecule has 0 heterocycles. The Hall–Kier alpha value is -1.48. The summed E-state index contributed by atoms with van der Waals surface area (Å²) in [6.07, 6.45) is 3.09. The van der Waals surface area contributed by atoms with Crippen LogP contribution in [0.2, 0.25) is 5.02 Å². The molecule has 0 atom stereocenters. The molecule has 1 N–H and O–H groups in total. The van der Waals surface area contributed by atoms with Crippen molar-refractivity contribution in [2.75, 3.05) is 12.4 Å². The third kappa shape index (κ3) is 3.51. The van der Waals surface area contributed by atoms with Crippen molar-refractivity contribution >= 4 is 23.1 Å². The lowest BCUT2D eigenvalue weighted by Crippen LogP contribution is -2.24. The van der Waals surface area contributed by atoms with E-state index in [1.165, 1.54) is 0 Å². The van der Waals surface area contributed by atoms with Crippen LogP contribution in [0.5, 0.6) is 5.75 Å². The Kier molecular flexibility index (Phi) is 3.85. The molecule has 1 aromatic carbocycles. The number of benzene rings is 1. The largest absolute Gasteiger partial charge is 0.495 e. The second kappa shape index (κ2) is 5.25. The van der Waals surface area contributed by atoms with E-state index in [0.717, 1.165) is 17.8 Å². The van der Waals surface area contributed by atoms with Crippen molar-refractivity contribution in [1.82, 2.24) is 0 Å². The molecule has 4 heteroatoms. The summed E-state index contributed by atoms with van der Waals surface area (Å²) in [7, 11) is 1.61. The first-order valence-electron chi connectivity index (χ1n) is 6.24. The molecule has 0 amide bonds.